The van der Waals surface area contributed by atoms with Crippen LogP contribution in [-0.2, 0) is 6.54 Å². The number of anilines is 3. The van der Waals surface area contributed by atoms with E-state index in [0.29, 0.717) is 24.2 Å². The zero-order valence-electron chi connectivity index (χ0n) is 18.7. The highest BCUT2D eigenvalue weighted by molar-refractivity contribution is 6.06. The standard InChI is InChI=1S/C27H25N5O/c1-19-13-14-22(17-20(19)2)27(33)30-24-12-7-6-11-23(24)29-26-18-25(21-9-4-3-5-10-21)31-32(26)16-8-15-28/h3-7,9-14,17-18,29H,8,16H2,1-2H3,(H,30,33). The molecule has 4 rings (SSSR count). The molecule has 1 heterocycles. The molecule has 2 N–H and O–H groups in total. The van der Waals surface area contributed by atoms with Crippen LogP contribution in [0.1, 0.15) is 27.9 Å². The van der Waals surface area contributed by atoms with Crippen molar-refractivity contribution in [2.75, 3.05) is 10.6 Å². The largest absolute Gasteiger partial charge is 0.339 e. The predicted octanol–water partition coefficient (Wildman–Crippen LogP) is 6.08. The van der Waals surface area contributed by atoms with Crippen LogP contribution in [0.2, 0.25) is 0 Å². The fourth-order valence-corrected chi connectivity index (χ4v) is 3.51. The third-order valence-corrected chi connectivity index (χ3v) is 5.49. The first-order valence-corrected chi connectivity index (χ1v) is 10.8. The topological polar surface area (TPSA) is 82.7 Å². The summed E-state index contributed by atoms with van der Waals surface area (Å²) in [5.41, 5.74) is 6.04. The van der Waals surface area contributed by atoms with Gasteiger partial charge in [0, 0.05) is 17.2 Å². The van der Waals surface area contributed by atoms with Crippen molar-refractivity contribution in [1.82, 2.24) is 9.78 Å². The molecule has 3 aromatic carbocycles. The molecule has 6 nitrogen and oxygen atoms in total. The second-order valence-corrected chi connectivity index (χ2v) is 7.84. The Morgan fingerprint density at radius 2 is 1.67 bits per heavy atom. The molecule has 0 fully saturated rings. The van der Waals surface area contributed by atoms with Gasteiger partial charge < -0.3 is 10.6 Å². The number of rotatable bonds is 7. The smallest absolute Gasteiger partial charge is 0.255 e. The van der Waals surface area contributed by atoms with E-state index in [4.69, 9.17) is 5.26 Å². The molecule has 6 heteroatoms. The summed E-state index contributed by atoms with van der Waals surface area (Å²) in [5.74, 6) is 0.576. The summed E-state index contributed by atoms with van der Waals surface area (Å²) in [5, 5.41) is 20.2. The summed E-state index contributed by atoms with van der Waals surface area (Å²) in [6.07, 6.45) is 0.343. The average Bonchev–Trinajstić information content (AvgIpc) is 3.23. The van der Waals surface area contributed by atoms with Crippen LogP contribution < -0.4 is 10.6 Å². The summed E-state index contributed by atoms with van der Waals surface area (Å²) >= 11 is 0. The van der Waals surface area contributed by atoms with Crippen LogP contribution in [0.3, 0.4) is 0 Å². The maximum Gasteiger partial charge on any atom is 0.255 e. The number of para-hydroxylation sites is 2. The predicted molar refractivity (Wildman–Crippen MR) is 131 cm³/mol. The molecule has 1 aromatic heterocycles. The van der Waals surface area contributed by atoms with E-state index in [0.717, 1.165) is 33.9 Å². The number of benzene rings is 3. The van der Waals surface area contributed by atoms with E-state index in [1.165, 1.54) is 0 Å². The van der Waals surface area contributed by atoms with Crippen molar-refractivity contribution >= 4 is 23.1 Å². The van der Waals surface area contributed by atoms with Crippen molar-refractivity contribution in [2.45, 2.75) is 26.8 Å². The molecule has 0 saturated heterocycles. The highest BCUT2D eigenvalue weighted by Gasteiger charge is 2.14. The minimum Gasteiger partial charge on any atom is -0.339 e. The number of hydrogen-bond acceptors (Lipinski definition) is 4. The Balaban J connectivity index is 1.62. The molecule has 0 atom stereocenters. The summed E-state index contributed by atoms with van der Waals surface area (Å²) < 4.78 is 1.79. The number of nitriles is 1. The lowest BCUT2D eigenvalue weighted by Gasteiger charge is -2.14. The molecule has 0 aliphatic carbocycles. The molecule has 0 unspecified atom stereocenters. The van der Waals surface area contributed by atoms with Gasteiger partial charge in [0.2, 0.25) is 0 Å². The third-order valence-electron chi connectivity index (χ3n) is 5.49. The van der Waals surface area contributed by atoms with Crippen molar-refractivity contribution in [1.29, 1.82) is 5.26 Å². The Kier molecular flexibility index (Phi) is 6.51. The molecule has 164 valence electrons. The molecule has 0 bridgehead atoms. The van der Waals surface area contributed by atoms with Gasteiger partial charge in [-0.25, -0.2) is 4.68 Å². The number of nitrogens with zero attached hydrogens (tertiary/aromatic N) is 3. The lowest BCUT2D eigenvalue weighted by Crippen LogP contribution is -2.14. The number of nitrogens with one attached hydrogen (secondary N) is 2. The van der Waals surface area contributed by atoms with Gasteiger partial charge in [0.1, 0.15) is 5.82 Å². The SMILES string of the molecule is Cc1ccc(C(=O)Nc2ccccc2Nc2cc(-c3ccccc3)nn2CCC#N)cc1C. The van der Waals surface area contributed by atoms with Gasteiger partial charge in [0.25, 0.3) is 5.91 Å². The molecule has 4 aromatic rings. The number of hydrogen-bond donors (Lipinski definition) is 2. The van der Waals surface area contributed by atoms with E-state index >= 15 is 0 Å². The average molecular weight is 436 g/mol. The van der Waals surface area contributed by atoms with Crippen LogP contribution >= 0.6 is 0 Å². The van der Waals surface area contributed by atoms with Crippen molar-refractivity contribution in [3.8, 4) is 17.3 Å². The van der Waals surface area contributed by atoms with Gasteiger partial charge in [-0.1, -0.05) is 48.5 Å². The van der Waals surface area contributed by atoms with Crippen LogP contribution in [-0.4, -0.2) is 15.7 Å². The van der Waals surface area contributed by atoms with E-state index in [2.05, 4.69) is 21.8 Å². The maximum atomic E-state index is 12.9. The number of aryl methyl sites for hydroxylation is 3. The molecule has 0 saturated carbocycles. The van der Waals surface area contributed by atoms with E-state index in [9.17, 15) is 4.79 Å². The highest BCUT2D eigenvalue weighted by Crippen LogP contribution is 2.29. The fraction of sp³-hybridized carbons (Fsp3) is 0.148. The molecular weight excluding hydrogens is 410 g/mol. The van der Waals surface area contributed by atoms with Crippen molar-refractivity contribution in [3.63, 3.8) is 0 Å². The summed E-state index contributed by atoms with van der Waals surface area (Å²) in [4.78, 5) is 12.9. The Labute approximate surface area is 193 Å². The normalized spacial score (nSPS) is 10.5. The van der Waals surface area contributed by atoms with E-state index in [1.54, 1.807) is 4.68 Å². The second-order valence-electron chi connectivity index (χ2n) is 7.84. The lowest BCUT2D eigenvalue weighted by molar-refractivity contribution is 0.102. The summed E-state index contributed by atoms with van der Waals surface area (Å²) in [6.45, 7) is 4.48. The fourth-order valence-electron chi connectivity index (χ4n) is 3.51. The molecule has 0 spiro atoms. The van der Waals surface area contributed by atoms with Crippen LogP contribution in [0, 0.1) is 25.2 Å². The molecule has 1 amide bonds. The minimum absolute atomic E-state index is 0.171. The number of carbonyl (C=O) groups excluding carboxylic acids is 1. The summed E-state index contributed by atoms with van der Waals surface area (Å²) in [6, 6.07) is 27.2. The first-order valence-electron chi connectivity index (χ1n) is 10.8. The maximum absolute atomic E-state index is 12.9. The number of carbonyl (C=O) groups is 1. The highest BCUT2D eigenvalue weighted by atomic mass is 16.1. The van der Waals surface area contributed by atoms with Crippen LogP contribution in [0.4, 0.5) is 17.2 Å². The first-order chi connectivity index (χ1) is 16.0. The van der Waals surface area contributed by atoms with E-state index in [-0.39, 0.29) is 5.91 Å². The third kappa shape index (κ3) is 5.10. The molecule has 0 aliphatic rings. The second kappa shape index (κ2) is 9.84. The van der Waals surface area contributed by atoms with Crippen molar-refractivity contribution in [2.24, 2.45) is 0 Å². The van der Waals surface area contributed by atoms with Gasteiger partial charge in [-0.15, -0.1) is 0 Å². The number of aromatic nitrogens is 2. The molecular formula is C27H25N5O. The molecule has 33 heavy (non-hydrogen) atoms. The van der Waals surface area contributed by atoms with Gasteiger partial charge in [-0.05, 0) is 49.2 Å². The van der Waals surface area contributed by atoms with Crippen molar-refractivity contribution in [3.05, 3.63) is 95.6 Å². The summed E-state index contributed by atoms with van der Waals surface area (Å²) in [7, 11) is 0. The lowest BCUT2D eigenvalue weighted by atomic mass is 10.1. The van der Waals surface area contributed by atoms with Crippen LogP contribution in [0.5, 0.6) is 0 Å². The zero-order chi connectivity index (χ0) is 23.2. The van der Waals surface area contributed by atoms with Gasteiger partial charge >= 0.3 is 0 Å². The van der Waals surface area contributed by atoms with Gasteiger partial charge in [0.15, 0.2) is 0 Å². The van der Waals surface area contributed by atoms with Crippen molar-refractivity contribution < 1.29 is 4.79 Å². The van der Waals surface area contributed by atoms with Crippen LogP contribution in [0.25, 0.3) is 11.3 Å². The molecule has 0 aliphatic heterocycles. The zero-order valence-corrected chi connectivity index (χ0v) is 18.7. The Bertz CT molecular complexity index is 1320. The van der Waals surface area contributed by atoms with Gasteiger partial charge in [0.05, 0.1) is 36.1 Å². The van der Waals surface area contributed by atoms with Crippen LogP contribution in [0.15, 0.2) is 78.9 Å². The van der Waals surface area contributed by atoms with E-state index in [1.807, 2.05) is 92.7 Å². The minimum atomic E-state index is -0.171. The Morgan fingerprint density at radius 3 is 2.39 bits per heavy atom. The first kappa shape index (κ1) is 21.8. The van der Waals surface area contributed by atoms with E-state index < -0.39 is 0 Å². The number of amides is 1. The van der Waals surface area contributed by atoms with Gasteiger partial charge in [-0.2, -0.15) is 10.4 Å². The quantitative estimate of drug-likeness (QED) is 0.369. The molecule has 0 radical (unpaired) electrons. The monoisotopic (exact) mass is 435 g/mol. The Hall–Kier alpha value is -4.37. The Morgan fingerprint density at radius 1 is 0.939 bits per heavy atom. The van der Waals surface area contributed by atoms with Gasteiger partial charge in [-0.3, -0.25) is 4.79 Å².